The molecule has 0 bridgehead atoms. The minimum Gasteiger partial charge on any atom is -0.312 e. The quantitative estimate of drug-likeness (QED) is 0.858. The molecule has 0 amide bonds. The lowest BCUT2D eigenvalue weighted by molar-refractivity contribution is 0.182. The van der Waals surface area contributed by atoms with Crippen LogP contribution in [-0.4, -0.2) is 21.3 Å². The third-order valence-electron chi connectivity index (χ3n) is 5.44. The monoisotopic (exact) mass is 290 g/mol. The van der Waals surface area contributed by atoms with Crippen LogP contribution in [0.15, 0.2) is 0 Å². The summed E-state index contributed by atoms with van der Waals surface area (Å²) >= 11 is 0. The molecule has 1 aromatic heterocycles. The summed E-state index contributed by atoms with van der Waals surface area (Å²) in [5.41, 5.74) is 0.523. The first kappa shape index (κ1) is 15.0. The molecule has 2 aliphatic rings. The van der Waals surface area contributed by atoms with Crippen molar-refractivity contribution in [2.45, 2.75) is 78.8 Å². The van der Waals surface area contributed by atoms with E-state index in [4.69, 9.17) is 0 Å². The Morgan fingerprint density at radius 1 is 1.14 bits per heavy atom. The molecule has 0 aromatic carbocycles. The first-order valence-corrected chi connectivity index (χ1v) is 8.47. The summed E-state index contributed by atoms with van der Waals surface area (Å²) in [6, 6.07) is 0.305. The van der Waals surface area contributed by atoms with Crippen molar-refractivity contribution in [1.29, 1.82) is 0 Å². The van der Waals surface area contributed by atoms with Gasteiger partial charge in [-0.25, -0.2) is 0 Å². The topological polar surface area (TPSA) is 42.7 Å². The van der Waals surface area contributed by atoms with E-state index in [0.717, 1.165) is 18.9 Å². The predicted molar refractivity (Wildman–Crippen MR) is 85.2 cm³/mol. The average molecular weight is 290 g/mol. The Labute approximate surface area is 128 Å². The zero-order chi connectivity index (χ0) is 15.3. The summed E-state index contributed by atoms with van der Waals surface area (Å²) < 4.78 is 2.42. The van der Waals surface area contributed by atoms with Crippen molar-refractivity contribution in [3.63, 3.8) is 0 Å². The minimum absolute atomic E-state index is 0.171. The summed E-state index contributed by atoms with van der Waals surface area (Å²) in [5, 5.41) is 12.9. The van der Waals surface area contributed by atoms with Gasteiger partial charge in [-0.3, -0.25) is 0 Å². The number of nitrogens with zero attached hydrogens (tertiary/aromatic N) is 3. The van der Waals surface area contributed by atoms with Gasteiger partial charge >= 0.3 is 0 Å². The zero-order valence-electron chi connectivity index (χ0n) is 14.2. The Hall–Kier alpha value is -0.900. The molecule has 3 rings (SSSR count). The molecule has 2 atom stereocenters. The van der Waals surface area contributed by atoms with Gasteiger partial charge in [0.1, 0.15) is 5.82 Å². The van der Waals surface area contributed by atoms with Crippen LogP contribution < -0.4 is 5.32 Å². The van der Waals surface area contributed by atoms with Crippen molar-refractivity contribution in [2.24, 2.45) is 10.8 Å². The Morgan fingerprint density at radius 2 is 1.86 bits per heavy atom. The van der Waals surface area contributed by atoms with E-state index in [1.165, 1.54) is 31.5 Å². The Morgan fingerprint density at radius 3 is 2.52 bits per heavy atom. The highest BCUT2D eigenvalue weighted by molar-refractivity contribution is 5.13. The Balaban J connectivity index is 1.98. The normalized spacial score (nSPS) is 29.2. The fourth-order valence-electron chi connectivity index (χ4n) is 4.11. The standard InChI is InChI=1S/C17H30N4/c1-16(2,3)13-15-20-19-14(21(15)11-10-18-13)12-8-6-7-9-17(12,4)5/h12-13,18H,6-11H2,1-5H3. The van der Waals surface area contributed by atoms with Crippen LogP contribution in [0.25, 0.3) is 0 Å². The molecule has 4 heteroatoms. The first-order chi connectivity index (χ1) is 9.81. The third-order valence-corrected chi connectivity index (χ3v) is 5.44. The fourth-order valence-corrected chi connectivity index (χ4v) is 4.11. The molecule has 1 N–H and O–H groups in total. The van der Waals surface area contributed by atoms with Gasteiger partial charge in [0.2, 0.25) is 0 Å². The number of fused-ring (bicyclic) bond motifs is 1. The van der Waals surface area contributed by atoms with E-state index < -0.39 is 0 Å². The molecule has 1 fully saturated rings. The van der Waals surface area contributed by atoms with Crippen molar-refractivity contribution < 1.29 is 0 Å². The van der Waals surface area contributed by atoms with Gasteiger partial charge < -0.3 is 9.88 Å². The van der Waals surface area contributed by atoms with Gasteiger partial charge in [0.15, 0.2) is 5.82 Å². The molecule has 0 spiro atoms. The summed E-state index contributed by atoms with van der Waals surface area (Å²) in [6.45, 7) is 13.7. The lowest BCUT2D eigenvalue weighted by atomic mass is 9.68. The number of aromatic nitrogens is 3. The van der Waals surface area contributed by atoms with Gasteiger partial charge in [0.25, 0.3) is 0 Å². The van der Waals surface area contributed by atoms with Crippen LogP contribution in [0.4, 0.5) is 0 Å². The van der Waals surface area contributed by atoms with E-state index in [9.17, 15) is 0 Å². The maximum Gasteiger partial charge on any atom is 0.150 e. The molecule has 1 saturated carbocycles. The van der Waals surface area contributed by atoms with E-state index in [1.54, 1.807) is 0 Å². The molecule has 118 valence electrons. The van der Waals surface area contributed by atoms with E-state index in [-0.39, 0.29) is 5.41 Å². The minimum atomic E-state index is 0.171. The summed E-state index contributed by atoms with van der Waals surface area (Å²) in [6.07, 6.45) is 5.26. The van der Waals surface area contributed by atoms with Gasteiger partial charge in [0, 0.05) is 19.0 Å². The second-order valence-electron chi connectivity index (χ2n) is 8.61. The molecular weight excluding hydrogens is 260 g/mol. The van der Waals surface area contributed by atoms with Crippen molar-refractivity contribution in [2.75, 3.05) is 6.54 Å². The second-order valence-corrected chi connectivity index (χ2v) is 8.61. The third kappa shape index (κ3) is 2.63. The maximum absolute atomic E-state index is 4.65. The zero-order valence-corrected chi connectivity index (χ0v) is 14.2. The second kappa shape index (κ2) is 5.08. The molecule has 2 unspecified atom stereocenters. The van der Waals surface area contributed by atoms with Gasteiger partial charge in [-0.1, -0.05) is 47.5 Å². The summed E-state index contributed by atoms with van der Waals surface area (Å²) in [4.78, 5) is 0. The van der Waals surface area contributed by atoms with Crippen LogP contribution in [0.5, 0.6) is 0 Å². The number of rotatable bonds is 1. The van der Waals surface area contributed by atoms with Crippen LogP contribution in [0.2, 0.25) is 0 Å². The Kier molecular flexibility index (Phi) is 3.63. The molecule has 1 aromatic rings. The SMILES string of the molecule is CC(C)(C)C1NCCn2c1nnc2C1CCCCC1(C)C. The van der Waals surface area contributed by atoms with E-state index in [1.807, 2.05) is 0 Å². The summed E-state index contributed by atoms with van der Waals surface area (Å²) in [7, 11) is 0. The number of hydrogen-bond acceptors (Lipinski definition) is 3. The molecular formula is C17H30N4. The molecule has 1 aliphatic heterocycles. The molecule has 2 heterocycles. The highest BCUT2D eigenvalue weighted by Crippen LogP contribution is 2.47. The van der Waals surface area contributed by atoms with Gasteiger partial charge in [-0.15, -0.1) is 10.2 Å². The highest BCUT2D eigenvalue weighted by atomic mass is 15.3. The van der Waals surface area contributed by atoms with Crippen LogP contribution in [0.3, 0.4) is 0 Å². The average Bonchev–Trinajstić information content (AvgIpc) is 2.80. The van der Waals surface area contributed by atoms with Gasteiger partial charge in [-0.2, -0.15) is 0 Å². The van der Waals surface area contributed by atoms with Crippen molar-refractivity contribution in [1.82, 2.24) is 20.1 Å². The molecule has 21 heavy (non-hydrogen) atoms. The summed E-state index contributed by atoms with van der Waals surface area (Å²) in [5.74, 6) is 2.95. The van der Waals surface area contributed by atoms with Crippen LogP contribution in [0.1, 0.15) is 83.9 Å². The van der Waals surface area contributed by atoms with Gasteiger partial charge in [0.05, 0.1) is 6.04 Å². The molecule has 0 radical (unpaired) electrons. The van der Waals surface area contributed by atoms with Gasteiger partial charge in [-0.05, 0) is 23.7 Å². The fraction of sp³-hybridized carbons (Fsp3) is 0.882. The van der Waals surface area contributed by atoms with E-state index in [0.29, 0.717) is 17.4 Å². The molecule has 0 saturated heterocycles. The van der Waals surface area contributed by atoms with Crippen molar-refractivity contribution in [3.05, 3.63) is 11.6 Å². The van der Waals surface area contributed by atoms with Crippen molar-refractivity contribution in [3.8, 4) is 0 Å². The number of hydrogen-bond donors (Lipinski definition) is 1. The van der Waals surface area contributed by atoms with Crippen LogP contribution in [-0.2, 0) is 6.54 Å². The highest BCUT2D eigenvalue weighted by Gasteiger charge is 2.40. The smallest absolute Gasteiger partial charge is 0.150 e. The molecule has 4 nitrogen and oxygen atoms in total. The van der Waals surface area contributed by atoms with E-state index >= 15 is 0 Å². The predicted octanol–water partition coefficient (Wildman–Crippen LogP) is 3.65. The lowest BCUT2D eigenvalue weighted by Gasteiger charge is -2.39. The first-order valence-electron chi connectivity index (χ1n) is 8.47. The maximum atomic E-state index is 4.65. The lowest BCUT2D eigenvalue weighted by Crippen LogP contribution is -2.41. The largest absolute Gasteiger partial charge is 0.312 e. The van der Waals surface area contributed by atoms with Crippen molar-refractivity contribution >= 4 is 0 Å². The number of nitrogens with one attached hydrogen (secondary N) is 1. The van der Waals surface area contributed by atoms with Crippen LogP contribution in [0, 0.1) is 10.8 Å². The van der Waals surface area contributed by atoms with Crippen LogP contribution >= 0.6 is 0 Å². The Bertz CT molecular complexity index is 509. The van der Waals surface area contributed by atoms with E-state index in [2.05, 4.69) is 54.7 Å². The molecule has 1 aliphatic carbocycles.